The van der Waals surface area contributed by atoms with Gasteiger partial charge in [0.2, 0.25) is 5.91 Å². The summed E-state index contributed by atoms with van der Waals surface area (Å²) in [5.41, 5.74) is 6.34. The first kappa shape index (κ1) is 13.7. The van der Waals surface area contributed by atoms with Gasteiger partial charge in [0.1, 0.15) is 6.04 Å². The number of carbonyl (C=O) groups excluding carboxylic acids is 2. The Bertz CT molecular complexity index is 494. The molecule has 0 aliphatic heterocycles. The molecule has 0 aliphatic carbocycles. The predicted octanol–water partition coefficient (Wildman–Crippen LogP) is -0.915. The molecule has 2 amide bonds. The molecular formula is C10H14N4O4. The summed E-state index contributed by atoms with van der Waals surface area (Å²) in [6, 6.07) is -1.36. The van der Waals surface area contributed by atoms with E-state index in [0.29, 0.717) is 11.3 Å². The number of carboxylic acid groups (broad SMARTS) is 1. The number of H-pyrrole nitrogens is 1. The van der Waals surface area contributed by atoms with E-state index in [4.69, 9.17) is 10.8 Å². The van der Waals surface area contributed by atoms with E-state index in [2.05, 4.69) is 15.5 Å². The molecule has 0 unspecified atom stereocenters. The van der Waals surface area contributed by atoms with Gasteiger partial charge in [-0.2, -0.15) is 5.10 Å². The van der Waals surface area contributed by atoms with Crippen molar-refractivity contribution in [2.24, 2.45) is 5.73 Å². The molecule has 1 heterocycles. The number of carbonyl (C=O) groups is 3. The summed E-state index contributed by atoms with van der Waals surface area (Å²) in [6.45, 7) is 3.41. The quantitative estimate of drug-likeness (QED) is 0.538. The molecule has 8 heteroatoms. The fourth-order valence-corrected chi connectivity index (χ4v) is 1.33. The lowest BCUT2D eigenvalue weighted by molar-refractivity contribution is -0.140. The van der Waals surface area contributed by atoms with E-state index in [1.165, 1.54) is 0 Å². The van der Waals surface area contributed by atoms with Gasteiger partial charge < -0.3 is 16.2 Å². The van der Waals surface area contributed by atoms with Crippen LogP contribution in [0.5, 0.6) is 0 Å². The zero-order valence-corrected chi connectivity index (χ0v) is 9.98. The van der Waals surface area contributed by atoms with E-state index in [0.717, 1.165) is 0 Å². The summed E-state index contributed by atoms with van der Waals surface area (Å²) in [5.74, 6) is -2.80. The molecular weight excluding hydrogens is 240 g/mol. The third-order valence-corrected chi connectivity index (χ3v) is 2.48. The number of aromatic amines is 1. The first-order valence-electron chi connectivity index (χ1n) is 5.16. The largest absolute Gasteiger partial charge is 0.480 e. The number of nitrogens with zero attached hydrogens (tertiary/aromatic N) is 1. The van der Waals surface area contributed by atoms with Gasteiger partial charge >= 0.3 is 5.97 Å². The summed E-state index contributed by atoms with van der Waals surface area (Å²) in [5, 5.41) is 17.4. The fraction of sp³-hybridized carbons (Fsp3) is 0.400. The average Bonchev–Trinajstić information content (AvgIpc) is 2.58. The molecule has 1 atom stereocenters. The number of nitrogens with one attached hydrogen (secondary N) is 2. The van der Waals surface area contributed by atoms with Crippen LogP contribution in [-0.4, -0.2) is 39.1 Å². The standard InChI is InChI=1S/C10H14N4O4/c1-4-5(2)13-14-8(4)9(16)12-6(10(17)18)3-7(11)15/h6H,3H2,1-2H3,(H2,11,15)(H,12,16)(H,13,14)(H,17,18)/t6-/m0/s1. The lowest BCUT2D eigenvalue weighted by Crippen LogP contribution is -2.43. The molecule has 98 valence electrons. The zero-order valence-electron chi connectivity index (χ0n) is 9.98. The first-order chi connectivity index (χ1) is 8.32. The molecule has 0 saturated carbocycles. The van der Waals surface area contributed by atoms with Crippen molar-refractivity contribution in [2.75, 3.05) is 0 Å². The second-order valence-electron chi connectivity index (χ2n) is 3.86. The number of amides is 2. The molecule has 0 aliphatic rings. The molecule has 5 N–H and O–H groups in total. The van der Waals surface area contributed by atoms with Gasteiger partial charge in [-0.25, -0.2) is 4.79 Å². The third-order valence-electron chi connectivity index (χ3n) is 2.48. The summed E-state index contributed by atoms with van der Waals surface area (Å²) in [4.78, 5) is 33.3. The van der Waals surface area contributed by atoms with E-state index >= 15 is 0 Å². The van der Waals surface area contributed by atoms with E-state index in [1.54, 1.807) is 13.8 Å². The van der Waals surface area contributed by atoms with Gasteiger partial charge in [0.25, 0.3) is 5.91 Å². The number of aryl methyl sites for hydroxylation is 1. The Kier molecular flexibility index (Phi) is 4.03. The van der Waals surface area contributed by atoms with Crippen LogP contribution in [0.3, 0.4) is 0 Å². The van der Waals surface area contributed by atoms with E-state index in [-0.39, 0.29) is 5.69 Å². The van der Waals surface area contributed by atoms with Crippen molar-refractivity contribution in [3.63, 3.8) is 0 Å². The van der Waals surface area contributed by atoms with E-state index in [9.17, 15) is 14.4 Å². The Hall–Kier alpha value is -2.38. The van der Waals surface area contributed by atoms with E-state index in [1.807, 2.05) is 0 Å². The maximum Gasteiger partial charge on any atom is 0.326 e. The van der Waals surface area contributed by atoms with Gasteiger partial charge in [0.15, 0.2) is 5.69 Å². The smallest absolute Gasteiger partial charge is 0.326 e. The van der Waals surface area contributed by atoms with Crippen LogP contribution >= 0.6 is 0 Å². The van der Waals surface area contributed by atoms with Crippen LogP contribution in [0.25, 0.3) is 0 Å². The Morgan fingerprint density at radius 3 is 2.44 bits per heavy atom. The van der Waals surface area contributed by atoms with Gasteiger partial charge in [0.05, 0.1) is 6.42 Å². The van der Waals surface area contributed by atoms with Crippen molar-refractivity contribution in [3.8, 4) is 0 Å². The van der Waals surface area contributed by atoms with Crippen molar-refractivity contribution in [1.82, 2.24) is 15.5 Å². The normalized spacial score (nSPS) is 11.9. The Labute approximate surface area is 103 Å². The first-order valence-corrected chi connectivity index (χ1v) is 5.16. The SMILES string of the molecule is Cc1[nH]nc(C(=O)N[C@@H](CC(N)=O)C(=O)O)c1C. The monoisotopic (exact) mass is 254 g/mol. The molecule has 18 heavy (non-hydrogen) atoms. The molecule has 1 aromatic heterocycles. The molecule has 1 aromatic rings. The zero-order chi connectivity index (χ0) is 13.9. The van der Waals surface area contributed by atoms with Gasteiger partial charge in [-0.05, 0) is 13.8 Å². The Morgan fingerprint density at radius 2 is 2.06 bits per heavy atom. The summed E-state index contributed by atoms with van der Waals surface area (Å²) in [6.07, 6.45) is -0.469. The fourth-order valence-electron chi connectivity index (χ4n) is 1.33. The topological polar surface area (TPSA) is 138 Å². The highest BCUT2D eigenvalue weighted by atomic mass is 16.4. The Balaban J connectivity index is 2.82. The summed E-state index contributed by atoms with van der Waals surface area (Å²) in [7, 11) is 0. The van der Waals surface area contributed by atoms with Crippen LogP contribution in [0.15, 0.2) is 0 Å². The van der Waals surface area contributed by atoms with Gasteiger partial charge in [-0.3, -0.25) is 14.7 Å². The van der Waals surface area contributed by atoms with Crippen LogP contribution in [-0.2, 0) is 9.59 Å². The van der Waals surface area contributed by atoms with Crippen LogP contribution in [0, 0.1) is 13.8 Å². The van der Waals surface area contributed by atoms with Crippen molar-refractivity contribution in [3.05, 3.63) is 17.0 Å². The number of aliphatic carboxylic acids is 1. The van der Waals surface area contributed by atoms with E-state index < -0.39 is 30.2 Å². The molecule has 0 radical (unpaired) electrons. The number of hydrogen-bond donors (Lipinski definition) is 4. The maximum atomic E-state index is 11.8. The van der Waals surface area contributed by atoms with Crippen LogP contribution < -0.4 is 11.1 Å². The molecule has 0 saturated heterocycles. The summed E-state index contributed by atoms with van der Waals surface area (Å²) < 4.78 is 0. The second-order valence-corrected chi connectivity index (χ2v) is 3.86. The lowest BCUT2D eigenvalue weighted by atomic mass is 10.1. The summed E-state index contributed by atoms with van der Waals surface area (Å²) >= 11 is 0. The van der Waals surface area contributed by atoms with Crippen molar-refractivity contribution < 1.29 is 19.5 Å². The van der Waals surface area contributed by atoms with Crippen molar-refractivity contribution in [2.45, 2.75) is 26.3 Å². The van der Waals surface area contributed by atoms with Gasteiger partial charge in [0, 0.05) is 11.3 Å². The minimum absolute atomic E-state index is 0.100. The van der Waals surface area contributed by atoms with Gasteiger partial charge in [-0.15, -0.1) is 0 Å². The number of rotatable bonds is 5. The highest BCUT2D eigenvalue weighted by molar-refractivity contribution is 5.97. The molecule has 0 aromatic carbocycles. The molecule has 8 nitrogen and oxygen atoms in total. The molecule has 1 rings (SSSR count). The average molecular weight is 254 g/mol. The number of aromatic nitrogens is 2. The third kappa shape index (κ3) is 3.06. The van der Waals surface area contributed by atoms with Crippen LogP contribution in [0.1, 0.15) is 28.2 Å². The predicted molar refractivity (Wildman–Crippen MR) is 60.8 cm³/mol. The van der Waals surface area contributed by atoms with Crippen LogP contribution in [0.2, 0.25) is 0 Å². The minimum Gasteiger partial charge on any atom is -0.480 e. The highest BCUT2D eigenvalue weighted by Crippen LogP contribution is 2.08. The lowest BCUT2D eigenvalue weighted by Gasteiger charge is -2.11. The van der Waals surface area contributed by atoms with Crippen molar-refractivity contribution >= 4 is 17.8 Å². The number of carboxylic acids is 1. The Morgan fingerprint density at radius 1 is 1.44 bits per heavy atom. The molecule has 0 fully saturated rings. The van der Waals surface area contributed by atoms with Gasteiger partial charge in [-0.1, -0.05) is 0 Å². The second kappa shape index (κ2) is 5.30. The van der Waals surface area contributed by atoms with Crippen LogP contribution in [0.4, 0.5) is 0 Å². The maximum absolute atomic E-state index is 11.8. The minimum atomic E-state index is -1.36. The molecule has 0 spiro atoms. The highest BCUT2D eigenvalue weighted by Gasteiger charge is 2.24. The molecule has 0 bridgehead atoms. The number of primary amides is 1. The number of nitrogens with two attached hydrogens (primary N) is 1. The van der Waals surface area contributed by atoms with Crippen molar-refractivity contribution in [1.29, 1.82) is 0 Å². The number of hydrogen-bond acceptors (Lipinski definition) is 4.